The van der Waals surface area contributed by atoms with Crippen molar-refractivity contribution in [2.45, 2.75) is 25.8 Å². The molecule has 3 amide bonds. The molecule has 12 heteroatoms. The van der Waals surface area contributed by atoms with Crippen LogP contribution in [0.25, 0.3) is 17.4 Å². The Morgan fingerprint density at radius 3 is 2.74 bits per heavy atom. The number of hydrogen-bond acceptors (Lipinski definition) is 8. The number of carbonyl (C=O) groups excluding carboxylic acids is 2. The summed E-state index contributed by atoms with van der Waals surface area (Å²) in [6.45, 7) is 1.93. The first-order chi connectivity index (χ1) is 16.9. The molecular weight excluding hydrogens is 448 g/mol. The number of amides is 3. The van der Waals surface area contributed by atoms with Gasteiger partial charge in [0.2, 0.25) is 0 Å². The fourth-order valence-electron chi connectivity index (χ4n) is 3.89. The number of anilines is 4. The Kier molecular flexibility index (Phi) is 4.66. The van der Waals surface area contributed by atoms with E-state index >= 15 is 0 Å². The van der Waals surface area contributed by atoms with E-state index in [1.807, 2.05) is 42.0 Å². The van der Waals surface area contributed by atoms with Crippen LogP contribution in [0.4, 0.5) is 27.8 Å². The van der Waals surface area contributed by atoms with Crippen LogP contribution in [0.1, 0.15) is 24.1 Å². The normalized spacial score (nSPS) is 16.5. The summed E-state index contributed by atoms with van der Waals surface area (Å²) < 4.78 is 3.58. The molecule has 6 N–H and O–H groups in total. The molecule has 3 aromatic heterocycles. The van der Waals surface area contributed by atoms with Crippen LogP contribution in [0.3, 0.4) is 0 Å². The first-order valence-corrected chi connectivity index (χ1v) is 11.1. The molecule has 0 atom stereocenters. The van der Waals surface area contributed by atoms with Crippen molar-refractivity contribution in [2.24, 2.45) is 0 Å². The van der Waals surface area contributed by atoms with Crippen LogP contribution in [-0.2, 0) is 4.79 Å². The average molecular weight is 470 g/mol. The highest BCUT2D eigenvalue weighted by Crippen LogP contribution is 2.29. The average Bonchev–Trinajstić information content (AvgIpc) is 3.20. The maximum atomic E-state index is 12.0. The number of imidazole rings is 1. The minimum atomic E-state index is -0.560. The molecule has 0 radical (unpaired) electrons. The highest BCUT2D eigenvalue weighted by atomic mass is 16.2. The lowest BCUT2D eigenvalue weighted by molar-refractivity contribution is -0.115. The molecule has 1 saturated heterocycles. The summed E-state index contributed by atoms with van der Waals surface area (Å²) in [7, 11) is 0. The number of rotatable bonds is 6. The molecule has 1 saturated carbocycles. The number of aromatic nitrogens is 5. The van der Waals surface area contributed by atoms with Crippen LogP contribution in [0.2, 0.25) is 0 Å². The summed E-state index contributed by atoms with van der Waals surface area (Å²) in [5, 5.41) is 15.9. The van der Waals surface area contributed by atoms with Crippen LogP contribution in [0, 0.1) is 6.92 Å². The molecule has 4 heterocycles. The van der Waals surface area contributed by atoms with Crippen molar-refractivity contribution < 1.29 is 9.59 Å². The Labute approximate surface area is 199 Å². The second-order valence-electron chi connectivity index (χ2n) is 8.61. The molecule has 0 spiro atoms. The Balaban J connectivity index is 1.40. The summed E-state index contributed by atoms with van der Waals surface area (Å²) in [6.07, 6.45) is 8.99. The van der Waals surface area contributed by atoms with Gasteiger partial charge in [0.05, 0.1) is 23.9 Å². The molecule has 1 aliphatic carbocycles. The van der Waals surface area contributed by atoms with Gasteiger partial charge < -0.3 is 26.3 Å². The highest BCUT2D eigenvalue weighted by molar-refractivity contribution is 6.14. The fraction of sp³-hybridized carbons (Fsp3) is 0.174. The maximum absolute atomic E-state index is 12.0. The summed E-state index contributed by atoms with van der Waals surface area (Å²) in [4.78, 5) is 32.5. The van der Waals surface area contributed by atoms with E-state index in [-0.39, 0.29) is 5.70 Å². The third-order valence-electron chi connectivity index (χ3n) is 5.67. The van der Waals surface area contributed by atoms with E-state index in [0.717, 1.165) is 35.7 Å². The van der Waals surface area contributed by atoms with Gasteiger partial charge in [0.1, 0.15) is 17.3 Å². The molecule has 0 unspecified atom stereocenters. The third-order valence-corrected chi connectivity index (χ3v) is 5.67. The molecule has 1 aromatic carbocycles. The second-order valence-corrected chi connectivity index (χ2v) is 8.61. The summed E-state index contributed by atoms with van der Waals surface area (Å²) >= 11 is 0. The quantitative estimate of drug-likeness (QED) is 0.163. The minimum Gasteiger partial charge on any atom is -0.399 e. The Morgan fingerprint density at radius 2 is 2.03 bits per heavy atom. The van der Waals surface area contributed by atoms with Gasteiger partial charge in [-0.1, -0.05) is 0 Å². The Morgan fingerprint density at radius 1 is 1.17 bits per heavy atom. The standard InChI is InChI=1S/C23H22N10O2/c1-12-10-32(11-25-12)17-6-14(24)5-16(7-17)27-19-8-20(28-15-2-3-15)33-21(30-19)13(9-26-33)4-18-22(34)31-23(35)29-18/h4-11,15,28H,2-3,24H2,1H3,(H,27,30)(H2,29,31,34,35)/b18-4-. The van der Waals surface area contributed by atoms with E-state index in [1.54, 1.807) is 23.1 Å². The van der Waals surface area contributed by atoms with E-state index in [1.165, 1.54) is 0 Å². The number of nitrogens with one attached hydrogen (secondary N) is 4. The first-order valence-electron chi connectivity index (χ1n) is 11.1. The number of nitrogens with zero attached hydrogens (tertiary/aromatic N) is 5. The van der Waals surface area contributed by atoms with Crippen molar-refractivity contribution in [1.29, 1.82) is 0 Å². The van der Waals surface area contributed by atoms with Crippen molar-refractivity contribution in [2.75, 3.05) is 16.4 Å². The van der Waals surface area contributed by atoms with Crippen LogP contribution in [0.5, 0.6) is 0 Å². The predicted octanol–water partition coefficient (Wildman–Crippen LogP) is 2.30. The lowest BCUT2D eigenvalue weighted by Crippen LogP contribution is -2.22. The van der Waals surface area contributed by atoms with E-state index < -0.39 is 11.9 Å². The number of nitrogen functional groups attached to an aromatic ring is 1. The minimum absolute atomic E-state index is 0.137. The molecule has 6 rings (SSSR count). The van der Waals surface area contributed by atoms with E-state index in [0.29, 0.717) is 28.8 Å². The number of nitrogens with two attached hydrogens (primary N) is 1. The third kappa shape index (κ3) is 4.12. The van der Waals surface area contributed by atoms with Crippen LogP contribution >= 0.6 is 0 Å². The van der Waals surface area contributed by atoms with Gasteiger partial charge in [-0.05, 0) is 44.0 Å². The summed E-state index contributed by atoms with van der Waals surface area (Å²) in [5.74, 6) is 0.833. The lowest BCUT2D eigenvalue weighted by Gasteiger charge is -2.13. The summed E-state index contributed by atoms with van der Waals surface area (Å²) in [6, 6.07) is 7.34. The molecule has 2 fully saturated rings. The fourth-order valence-corrected chi connectivity index (χ4v) is 3.89. The highest BCUT2D eigenvalue weighted by Gasteiger charge is 2.25. The smallest absolute Gasteiger partial charge is 0.326 e. The number of benzene rings is 1. The van der Waals surface area contributed by atoms with Gasteiger partial charge in [-0.3, -0.25) is 10.1 Å². The SMILES string of the molecule is Cc1cn(-c2cc(N)cc(Nc3cc(NC4CC4)n4ncc(/C=C5\NC(=O)NC5=O)c4n3)c2)cn1. The van der Waals surface area contributed by atoms with Crippen molar-refractivity contribution >= 4 is 46.7 Å². The first kappa shape index (κ1) is 20.7. The molecule has 0 bridgehead atoms. The van der Waals surface area contributed by atoms with Gasteiger partial charge in [0.15, 0.2) is 5.65 Å². The zero-order chi connectivity index (χ0) is 24.1. The lowest BCUT2D eigenvalue weighted by atomic mass is 10.2. The van der Waals surface area contributed by atoms with Gasteiger partial charge in [-0.2, -0.15) is 9.61 Å². The van der Waals surface area contributed by atoms with Gasteiger partial charge >= 0.3 is 6.03 Å². The molecule has 4 aromatic rings. The van der Waals surface area contributed by atoms with Crippen molar-refractivity contribution in [3.05, 3.63) is 59.9 Å². The van der Waals surface area contributed by atoms with Gasteiger partial charge in [-0.25, -0.2) is 14.8 Å². The van der Waals surface area contributed by atoms with Crippen molar-refractivity contribution in [3.63, 3.8) is 0 Å². The molecule has 176 valence electrons. The van der Waals surface area contributed by atoms with Crippen LogP contribution in [-0.4, -0.2) is 42.1 Å². The van der Waals surface area contributed by atoms with Crippen LogP contribution < -0.4 is 27.0 Å². The van der Waals surface area contributed by atoms with Crippen LogP contribution in [0.15, 0.2) is 48.7 Å². The number of carbonyl (C=O) groups is 2. The number of urea groups is 1. The zero-order valence-electron chi connectivity index (χ0n) is 18.7. The molecule has 1 aliphatic heterocycles. The van der Waals surface area contributed by atoms with Gasteiger partial charge in [0.25, 0.3) is 5.91 Å². The van der Waals surface area contributed by atoms with Gasteiger partial charge in [-0.15, -0.1) is 0 Å². The molecular formula is C23H22N10O2. The largest absolute Gasteiger partial charge is 0.399 e. The maximum Gasteiger partial charge on any atom is 0.326 e. The number of aryl methyl sites for hydroxylation is 1. The van der Waals surface area contributed by atoms with E-state index in [4.69, 9.17) is 10.7 Å². The molecule has 2 aliphatic rings. The zero-order valence-corrected chi connectivity index (χ0v) is 18.7. The molecule has 35 heavy (non-hydrogen) atoms. The monoisotopic (exact) mass is 470 g/mol. The number of hydrogen-bond donors (Lipinski definition) is 5. The number of fused-ring (bicyclic) bond motifs is 1. The van der Waals surface area contributed by atoms with Crippen molar-refractivity contribution in [1.82, 2.24) is 34.8 Å². The predicted molar refractivity (Wildman–Crippen MR) is 130 cm³/mol. The topological polar surface area (TPSA) is 156 Å². The second kappa shape index (κ2) is 7.87. The Bertz CT molecular complexity index is 1530. The van der Waals surface area contributed by atoms with E-state index in [2.05, 4.69) is 31.3 Å². The Hall–Kier alpha value is -4.87. The van der Waals surface area contributed by atoms with E-state index in [9.17, 15) is 9.59 Å². The van der Waals surface area contributed by atoms with Gasteiger partial charge in [0, 0.05) is 35.2 Å². The molecule has 12 nitrogen and oxygen atoms in total. The van der Waals surface area contributed by atoms with Crippen molar-refractivity contribution in [3.8, 4) is 5.69 Å². The number of imide groups is 1. The summed E-state index contributed by atoms with van der Waals surface area (Å²) in [5.41, 5.74) is 10.5.